The van der Waals surface area contributed by atoms with Crippen molar-refractivity contribution in [2.75, 3.05) is 6.54 Å². The smallest absolute Gasteiger partial charge is 0.248 e. The van der Waals surface area contributed by atoms with Gasteiger partial charge in [0.1, 0.15) is 5.75 Å². The molecule has 1 heterocycles. The van der Waals surface area contributed by atoms with E-state index in [-0.39, 0.29) is 17.2 Å². The quantitative estimate of drug-likeness (QED) is 0.223. The van der Waals surface area contributed by atoms with E-state index in [9.17, 15) is 9.90 Å². The van der Waals surface area contributed by atoms with Crippen LogP contribution in [0.15, 0.2) is 65.0 Å². The van der Waals surface area contributed by atoms with Crippen LogP contribution in [0.2, 0.25) is 0 Å². The number of H-pyrrole nitrogens is 1. The lowest BCUT2D eigenvalue weighted by Crippen LogP contribution is -2.32. The molecule has 3 atom stereocenters. The van der Waals surface area contributed by atoms with Crippen molar-refractivity contribution < 1.29 is 5.11 Å². The zero-order valence-electron chi connectivity index (χ0n) is 22.4. The molecule has 2 aromatic rings. The number of allylic oxidation sites excluding steroid dienone is 4. The van der Waals surface area contributed by atoms with Gasteiger partial charge in [-0.1, -0.05) is 83.6 Å². The Morgan fingerprint density at radius 1 is 1.15 bits per heavy atom. The van der Waals surface area contributed by atoms with Gasteiger partial charge in [-0.05, 0) is 62.1 Å². The van der Waals surface area contributed by atoms with Crippen LogP contribution in [0, 0.1) is 5.92 Å². The molecule has 0 radical (unpaired) electrons. The molecule has 2 unspecified atom stereocenters. The summed E-state index contributed by atoms with van der Waals surface area (Å²) in [6, 6.07) is 7.33. The zero-order chi connectivity index (χ0) is 25.7. The Labute approximate surface area is 206 Å². The van der Waals surface area contributed by atoms with E-state index in [0.717, 1.165) is 43.2 Å². The zero-order valence-corrected chi connectivity index (χ0v) is 22.4. The highest BCUT2D eigenvalue weighted by Gasteiger charge is 2.14. The van der Waals surface area contributed by atoms with E-state index >= 15 is 0 Å². The average Bonchev–Trinajstić information content (AvgIpc) is 2.85. The molecule has 2 rings (SSSR count). The van der Waals surface area contributed by atoms with Gasteiger partial charge in [-0.15, -0.1) is 0 Å². The van der Waals surface area contributed by atoms with Gasteiger partial charge in [0.2, 0.25) is 5.56 Å². The first-order valence-electron chi connectivity index (χ1n) is 12.9. The first kappa shape index (κ1) is 29.4. The molecule has 0 aliphatic rings. The van der Waals surface area contributed by atoms with Gasteiger partial charge in [0.25, 0.3) is 0 Å². The van der Waals surface area contributed by atoms with Gasteiger partial charge in [0.05, 0.1) is 5.52 Å². The molecule has 0 fully saturated rings. The summed E-state index contributed by atoms with van der Waals surface area (Å²) in [6.07, 6.45) is 10.8. The predicted molar refractivity (Wildman–Crippen MR) is 149 cm³/mol. The van der Waals surface area contributed by atoms with E-state index < -0.39 is 0 Å². The number of phenolic OH excluding ortho intramolecular Hbond substituents is 1. The Balaban J connectivity index is 0.00000281. The maximum absolute atomic E-state index is 11.7. The summed E-state index contributed by atoms with van der Waals surface area (Å²) < 4.78 is 0. The van der Waals surface area contributed by atoms with Gasteiger partial charge >= 0.3 is 0 Å². The SMILES string of the molecule is C=C(CC)C(C=C/C=C(\C)CC(CC)NC[C@H](C)c1ccc(O)c2[nH]c(=O)ccc12)CC.CC. The van der Waals surface area contributed by atoms with Crippen molar-refractivity contribution in [2.45, 2.75) is 86.1 Å². The monoisotopic (exact) mass is 466 g/mol. The Morgan fingerprint density at radius 3 is 2.47 bits per heavy atom. The summed E-state index contributed by atoms with van der Waals surface area (Å²) in [6.45, 7) is 20.0. The highest BCUT2D eigenvalue weighted by atomic mass is 16.3. The Hall–Kier alpha value is -2.59. The topological polar surface area (TPSA) is 65.1 Å². The summed E-state index contributed by atoms with van der Waals surface area (Å²) in [4.78, 5) is 14.4. The molecule has 0 bridgehead atoms. The number of aromatic hydroxyl groups is 1. The lowest BCUT2D eigenvalue weighted by Gasteiger charge is -2.21. The number of aromatic amines is 1. The molecule has 34 heavy (non-hydrogen) atoms. The van der Waals surface area contributed by atoms with Crippen molar-refractivity contribution in [2.24, 2.45) is 5.92 Å². The van der Waals surface area contributed by atoms with Crippen LogP contribution >= 0.6 is 0 Å². The number of hydrogen-bond acceptors (Lipinski definition) is 3. The highest BCUT2D eigenvalue weighted by Crippen LogP contribution is 2.29. The Bertz CT molecular complexity index is 1020. The molecule has 0 amide bonds. The van der Waals surface area contributed by atoms with Crippen LogP contribution in [0.25, 0.3) is 10.9 Å². The second-order valence-electron chi connectivity index (χ2n) is 8.83. The number of benzene rings is 1. The number of nitrogens with one attached hydrogen (secondary N) is 2. The van der Waals surface area contributed by atoms with E-state index in [4.69, 9.17) is 0 Å². The van der Waals surface area contributed by atoms with Crippen molar-refractivity contribution in [1.82, 2.24) is 10.3 Å². The first-order valence-corrected chi connectivity index (χ1v) is 12.9. The fourth-order valence-corrected chi connectivity index (χ4v) is 4.14. The third-order valence-electron chi connectivity index (χ3n) is 6.35. The summed E-state index contributed by atoms with van der Waals surface area (Å²) in [5.74, 6) is 0.808. The number of rotatable bonds is 12. The second kappa shape index (κ2) is 15.3. The van der Waals surface area contributed by atoms with Crippen molar-refractivity contribution in [3.05, 3.63) is 76.1 Å². The maximum atomic E-state index is 11.7. The van der Waals surface area contributed by atoms with E-state index in [1.165, 1.54) is 17.2 Å². The van der Waals surface area contributed by atoms with Gasteiger partial charge in [-0.3, -0.25) is 4.79 Å². The third kappa shape index (κ3) is 8.64. The second-order valence-corrected chi connectivity index (χ2v) is 8.83. The molecule has 1 aromatic carbocycles. The van der Waals surface area contributed by atoms with Crippen LogP contribution in [0.5, 0.6) is 5.75 Å². The van der Waals surface area contributed by atoms with Crippen molar-refractivity contribution in [3.8, 4) is 5.75 Å². The van der Waals surface area contributed by atoms with Crippen molar-refractivity contribution in [3.63, 3.8) is 0 Å². The molecule has 4 heteroatoms. The number of fused-ring (bicyclic) bond motifs is 1. The molecule has 0 aliphatic heterocycles. The number of hydrogen-bond donors (Lipinski definition) is 3. The molecule has 1 aromatic heterocycles. The molecule has 4 nitrogen and oxygen atoms in total. The molecular formula is C30H46N2O2. The van der Waals surface area contributed by atoms with E-state index in [2.05, 4.69) is 69.7 Å². The van der Waals surface area contributed by atoms with Gasteiger partial charge in [0.15, 0.2) is 0 Å². The van der Waals surface area contributed by atoms with Crippen molar-refractivity contribution >= 4 is 10.9 Å². The molecule has 0 spiro atoms. The molecule has 188 valence electrons. The largest absolute Gasteiger partial charge is 0.506 e. The maximum Gasteiger partial charge on any atom is 0.248 e. The number of pyridine rings is 1. The molecule has 0 saturated heterocycles. The summed E-state index contributed by atoms with van der Waals surface area (Å²) in [5.41, 5.74) is 4.08. The lowest BCUT2D eigenvalue weighted by molar-refractivity contribution is 0.472. The van der Waals surface area contributed by atoms with Crippen molar-refractivity contribution in [1.29, 1.82) is 0 Å². The molecule has 0 aliphatic carbocycles. The molecule has 0 saturated carbocycles. The minimum Gasteiger partial charge on any atom is -0.506 e. The predicted octanol–water partition coefficient (Wildman–Crippen LogP) is 7.62. The van der Waals surface area contributed by atoms with Crippen LogP contribution < -0.4 is 10.9 Å². The summed E-state index contributed by atoms with van der Waals surface area (Å²) in [5, 5.41) is 14.7. The third-order valence-corrected chi connectivity index (χ3v) is 6.35. The number of phenols is 1. The summed E-state index contributed by atoms with van der Waals surface area (Å²) >= 11 is 0. The molecule has 3 N–H and O–H groups in total. The Kier molecular flexibility index (Phi) is 13.3. The standard InChI is InChI=1S/C28H40N2O2.C2H6/c1-7-20(5)22(8-2)12-10-11-19(4)17-23(9-3)29-18-21(6)24-13-15-26(31)28-25(24)14-16-27(32)30-28;1-2/h10-16,21-23,29,31H,5,7-9,17-18H2,1-4,6H3,(H,30,32);1-2H3/b12-10?,19-11+;/t21-,22?,23?;/m0./s1. The van der Waals surface area contributed by atoms with Gasteiger partial charge < -0.3 is 15.4 Å². The van der Waals surface area contributed by atoms with E-state index in [1.807, 2.05) is 19.9 Å². The Morgan fingerprint density at radius 2 is 1.85 bits per heavy atom. The first-order chi connectivity index (χ1) is 16.3. The van der Waals surface area contributed by atoms with E-state index in [0.29, 0.717) is 17.5 Å². The highest BCUT2D eigenvalue weighted by molar-refractivity contribution is 5.87. The van der Waals surface area contributed by atoms with Crippen LogP contribution in [0.4, 0.5) is 0 Å². The minimum atomic E-state index is -0.206. The van der Waals surface area contributed by atoms with Crippen LogP contribution in [0.3, 0.4) is 0 Å². The van der Waals surface area contributed by atoms with Crippen LogP contribution in [-0.4, -0.2) is 22.7 Å². The average molecular weight is 467 g/mol. The summed E-state index contributed by atoms with van der Waals surface area (Å²) in [7, 11) is 0. The number of aromatic nitrogens is 1. The van der Waals surface area contributed by atoms with Gasteiger partial charge in [-0.25, -0.2) is 0 Å². The van der Waals surface area contributed by atoms with Gasteiger partial charge in [-0.2, -0.15) is 0 Å². The van der Waals surface area contributed by atoms with Gasteiger partial charge in [0, 0.05) is 24.0 Å². The van der Waals surface area contributed by atoms with E-state index in [1.54, 1.807) is 12.1 Å². The lowest BCUT2D eigenvalue weighted by atomic mass is 9.94. The normalized spacial score (nSPS) is 14.5. The minimum absolute atomic E-state index is 0.106. The fourth-order valence-electron chi connectivity index (χ4n) is 4.14. The van der Waals surface area contributed by atoms with Crippen LogP contribution in [0.1, 0.15) is 85.6 Å². The fraction of sp³-hybridized carbons (Fsp3) is 0.500. The molecular weight excluding hydrogens is 420 g/mol. The van der Waals surface area contributed by atoms with Crippen LogP contribution in [-0.2, 0) is 0 Å².